The fraction of sp³-hybridized carbons (Fsp3) is 0.263. The highest BCUT2D eigenvalue weighted by Gasteiger charge is 2.15. The van der Waals surface area contributed by atoms with Crippen LogP contribution >= 0.6 is 0 Å². The molecule has 2 amide bonds. The van der Waals surface area contributed by atoms with Gasteiger partial charge >= 0.3 is 0 Å². The molecule has 25 heavy (non-hydrogen) atoms. The van der Waals surface area contributed by atoms with Gasteiger partial charge in [-0.25, -0.2) is 0 Å². The summed E-state index contributed by atoms with van der Waals surface area (Å²) in [5.41, 5.74) is 4.06. The summed E-state index contributed by atoms with van der Waals surface area (Å²) in [6, 6.07) is 6.19. The standard InChI is InChI=1S/C19H22N2O4/c1-10-5-14(22)6-11(2)18(10)20-16(24)9-17(25)21-19-12(3)7-15(23)8-13(19)4/h5-8,22-23H,9H2,1-4H3,(H,20,24)(H,21,25). The van der Waals surface area contributed by atoms with Crippen LogP contribution in [-0.2, 0) is 9.59 Å². The van der Waals surface area contributed by atoms with Crippen molar-refractivity contribution in [2.75, 3.05) is 10.6 Å². The zero-order chi connectivity index (χ0) is 18.7. The van der Waals surface area contributed by atoms with Crippen molar-refractivity contribution in [1.29, 1.82) is 0 Å². The molecule has 6 heteroatoms. The molecule has 6 nitrogen and oxygen atoms in total. The van der Waals surface area contributed by atoms with E-state index in [1.165, 1.54) is 0 Å². The average molecular weight is 342 g/mol. The first-order valence-corrected chi connectivity index (χ1v) is 7.87. The summed E-state index contributed by atoms with van der Waals surface area (Å²) in [6.45, 7) is 7.08. The van der Waals surface area contributed by atoms with Crippen molar-refractivity contribution < 1.29 is 19.8 Å². The molecule has 2 rings (SSSR count). The number of benzene rings is 2. The number of nitrogens with one attached hydrogen (secondary N) is 2. The molecule has 0 saturated carbocycles. The lowest BCUT2D eigenvalue weighted by molar-refractivity contribution is -0.123. The third kappa shape index (κ3) is 4.50. The second kappa shape index (κ2) is 7.25. The summed E-state index contributed by atoms with van der Waals surface area (Å²) in [7, 11) is 0. The number of hydrogen-bond donors (Lipinski definition) is 4. The Kier molecular flexibility index (Phi) is 5.32. The molecule has 0 spiro atoms. The Morgan fingerprint density at radius 3 is 1.28 bits per heavy atom. The fourth-order valence-corrected chi connectivity index (χ4v) is 2.79. The van der Waals surface area contributed by atoms with Crippen LogP contribution in [0.3, 0.4) is 0 Å². The highest BCUT2D eigenvalue weighted by atomic mass is 16.3. The first-order chi connectivity index (χ1) is 11.7. The molecule has 0 aliphatic rings. The minimum Gasteiger partial charge on any atom is -0.508 e. The van der Waals surface area contributed by atoms with Crippen molar-refractivity contribution in [1.82, 2.24) is 0 Å². The fourth-order valence-electron chi connectivity index (χ4n) is 2.79. The molecule has 2 aromatic carbocycles. The number of carbonyl (C=O) groups excluding carboxylic acids is 2. The van der Waals surface area contributed by atoms with Crippen molar-refractivity contribution in [2.45, 2.75) is 34.1 Å². The lowest BCUT2D eigenvalue weighted by Crippen LogP contribution is -2.22. The summed E-state index contributed by atoms with van der Waals surface area (Å²) >= 11 is 0. The van der Waals surface area contributed by atoms with Gasteiger partial charge in [0.25, 0.3) is 0 Å². The summed E-state index contributed by atoms with van der Waals surface area (Å²) in [5, 5.41) is 24.5. The lowest BCUT2D eigenvalue weighted by atomic mass is 10.1. The van der Waals surface area contributed by atoms with Gasteiger partial charge in [0.05, 0.1) is 0 Å². The first kappa shape index (κ1) is 18.3. The Morgan fingerprint density at radius 1 is 0.720 bits per heavy atom. The molecule has 0 fully saturated rings. The van der Waals surface area contributed by atoms with E-state index in [4.69, 9.17) is 0 Å². The Balaban J connectivity index is 2.06. The van der Waals surface area contributed by atoms with Crippen molar-refractivity contribution in [3.8, 4) is 11.5 Å². The second-order valence-corrected chi connectivity index (χ2v) is 6.18. The third-order valence-corrected chi connectivity index (χ3v) is 3.88. The van der Waals surface area contributed by atoms with Gasteiger partial charge < -0.3 is 20.8 Å². The number of amides is 2. The number of rotatable bonds is 4. The van der Waals surface area contributed by atoms with E-state index in [0.29, 0.717) is 11.4 Å². The van der Waals surface area contributed by atoms with Gasteiger partial charge in [0.15, 0.2) is 0 Å². The second-order valence-electron chi connectivity index (χ2n) is 6.18. The van der Waals surface area contributed by atoms with Gasteiger partial charge in [0, 0.05) is 11.4 Å². The van der Waals surface area contributed by atoms with Crippen molar-refractivity contribution >= 4 is 23.2 Å². The predicted molar refractivity (Wildman–Crippen MR) is 97.0 cm³/mol. The van der Waals surface area contributed by atoms with E-state index in [1.54, 1.807) is 52.0 Å². The minimum atomic E-state index is -0.441. The lowest BCUT2D eigenvalue weighted by Gasteiger charge is -2.14. The molecule has 132 valence electrons. The number of aryl methyl sites for hydroxylation is 4. The molecule has 0 bridgehead atoms. The number of anilines is 2. The van der Waals surface area contributed by atoms with Crippen molar-refractivity contribution in [2.24, 2.45) is 0 Å². The largest absolute Gasteiger partial charge is 0.508 e. The monoisotopic (exact) mass is 342 g/mol. The highest BCUT2D eigenvalue weighted by molar-refractivity contribution is 6.08. The Bertz CT molecular complexity index is 728. The minimum absolute atomic E-state index is 0.129. The zero-order valence-electron chi connectivity index (χ0n) is 14.7. The Morgan fingerprint density at radius 2 is 1.00 bits per heavy atom. The van der Waals surface area contributed by atoms with E-state index in [-0.39, 0.29) is 17.9 Å². The van der Waals surface area contributed by atoms with Gasteiger partial charge in [-0.2, -0.15) is 0 Å². The van der Waals surface area contributed by atoms with Gasteiger partial charge in [0.1, 0.15) is 17.9 Å². The number of carbonyl (C=O) groups is 2. The van der Waals surface area contributed by atoms with Crippen LogP contribution < -0.4 is 10.6 Å². The summed E-state index contributed by atoms with van der Waals surface area (Å²) < 4.78 is 0. The molecule has 4 N–H and O–H groups in total. The highest BCUT2D eigenvalue weighted by Crippen LogP contribution is 2.27. The number of aromatic hydroxyl groups is 2. The third-order valence-electron chi connectivity index (χ3n) is 3.88. The molecule has 0 saturated heterocycles. The SMILES string of the molecule is Cc1cc(O)cc(C)c1NC(=O)CC(=O)Nc1c(C)cc(O)cc1C. The smallest absolute Gasteiger partial charge is 0.233 e. The van der Waals surface area contributed by atoms with Crippen molar-refractivity contribution in [3.63, 3.8) is 0 Å². The van der Waals surface area contributed by atoms with Crippen LogP contribution in [-0.4, -0.2) is 22.0 Å². The maximum atomic E-state index is 12.2. The normalized spacial score (nSPS) is 10.4. The van der Waals surface area contributed by atoms with E-state index >= 15 is 0 Å². The average Bonchev–Trinajstić information content (AvgIpc) is 2.46. The summed E-state index contributed by atoms with van der Waals surface area (Å²) in [6.07, 6.45) is -0.334. The first-order valence-electron chi connectivity index (χ1n) is 7.87. The molecule has 0 aliphatic heterocycles. The maximum absolute atomic E-state index is 12.2. The van der Waals surface area contributed by atoms with Crippen LogP contribution in [0.25, 0.3) is 0 Å². The van der Waals surface area contributed by atoms with Gasteiger partial charge in [0.2, 0.25) is 11.8 Å². The van der Waals surface area contributed by atoms with Crippen LogP contribution in [0.2, 0.25) is 0 Å². The zero-order valence-corrected chi connectivity index (χ0v) is 14.7. The number of hydrogen-bond acceptors (Lipinski definition) is 4. The maximum Gasteiger partial charge on any atom is 0.233 e. The van der Waals surface area contributed by atoms with Gasteiger partial charge in [-0.1, -0.05) is 0 Å². The number of phenols is 2. The van der Waals surface area contributed by atoms with E-state index in [1.807, 2.05) is 0 Å². The van der Waals surface area contributed by atoms with Gasteiger partial charge in [-0.05, 0) is 74.2 Å². The van der Waals surface area contributed by atoms with E-state index in [2.05, 4.69) is 10.6 Å². The quantitative estimate of drug-likeness (QED) is 0.506. The van der Waals surface area contributed by atoms with E-state index < -0.39 is 11.8 Å². The molecular weight excluding hydrogens is 320 g/mol. The number of phenolic OH excluding ortho intramolecular Hbond substituents is 2. The van der Waals surface area contributed by atoms with Gasteiger partial charge in [-0.3, -0.25) is 9.59 Å². The predicted octanol–water partition coefficient (Wildman–Crippen LogP) is 3.30. The summed E-state index contributed by atoms with van der Waals surface area (Å²) in [5.74, 6) is -0.625. The molecule has 0 radical (unpaired) electrons. The summed E-state index contributed by atoms with van der Waals surface area (Å²) in [4.78, 5) is 24.3. The van der Waals surface area contributed by atoms with Crippen LogP contribution in [0.4, 0.5) is 11.4 Å². The molecule has 2 aromatic rings. The molecule has 0 unspecified atom stereocenters. The molecular formula is C19H22N2O4. The Hall–Kier alpha value is -3.02. The van der Waals surface area contributed by atoms with Crippen molar-refractivity contribution in [3.05, 3.63) is 46.5 Å². The van der Waals surface area contributed by atoms with E-state index in [0.717, 1.165) is 22.3 Å². The van der Waals surface area contributed by atoms with Crippen LogP contribution in [0.5, 0.6) is 11.5 Å². The Labute approximate surface area is 146 Å². The van der Waals surface area contributed by atoms with Crippen LogP contribution in [0.15, 0.2) is 24.3 Å². The van der Waals surface area contributed by atoms with Gasteiger partial charge in [-0.15, -0.1) is 0 Å². The molecule has 0 aromatic heterocycles. The topological polar surface area (TPSA) is 98.7 Å². The molecule has 0 heterocycles. The molecule has 0 aliphatic carbocycles. The van der Waals surface area contributed by atoms with Crippen LogP contribution in [0, 0.1) is 27.7 Å². The van der Waals surface area contributed by atoms with E-state index in [9.17, 15) is 19.8 Å². The molecule has 0 atom stereocenters. The van der Waals surface area contributed by atoms with Crippen LogP contribution in [0.1, 0.15) is 28.7 Å².